The van der Waals surface area contributed by atoms with Gasteiger partial charge in [-0.1, -0.05) is 12.1 Å². The Morgan fingerprint density at radius 1 is 1.30 bits per heavy atom. The van der Waals surface area contributed by atoms with Crippen LogP contribution in [0, 0.1) is 0 Å². The lowest BCUT2D eigenvalue weighted by molar-refractivity contribution is -0.908. The Kier molecular flexibility index (Phi) is 6.13. The summed E-state index contributed by atoms with van der Waals surface area (Å²) in [6.07, 6.45) is 0.798. The molecule has 0 bridgehead atoms. The van der Waals surface area contributed by atoms with Crippen LogP contribution >= 0.6 is 0 Å². The van der Waals surface area contributed by atoms with E-state index in [2.05, 4.69) is 0 Å². The van der Waals surface area contributed by atoms with E-state index in [0.717, 1.165) is 44.8 Å². The maximum absolute atomic E-state index is 12.6. The summed E-state index contributed by atoms with van der Waals surface area (Å²) in [5.74, 6) is -0.494. The SMILES string of the molecule is COc1ccc([C@@H]2C(C(C)=O)=C(O)C(=O)N2CCC[NH+]2CCOCC2)cc1. The molecule has 27 heavy (non-hydrogen) atoms. The number of benzene rings is 1. The number of methoxy groups -OCH3 is 1. The molecule has 2 heterocycles. The number of nitrogens with one attached hydrogen (secondary N) is 1. The van der Waals surface area contributed by atoms with E-state index in [-0.39, 0.29) is 11.4 Å². The quantitative estimate of drug-likeness (QED) is 0.716. The zero-order chi connectivity index (χ0) is 19.4. The van der Waals surface area contributed by atoms with Crippen LogP contribution in [0.25, 0.3) is 0 Å². The predicted molar refractivity (Wildman–Crippen MR) is 98.8 cm³/mol. The summed E-state index contributed by atoms with van der Waals surface area (Å²) in [6, 6.07) is 6.70. The fourth-order valence-electron chi connectivity index (χ4n) is 3.79. The van der Waals surface area contributed by atoms with Crippen molar-refractivity contribution in [3.8, 4) is 5.75 Å². The maximum atomic E-state index is 12.6. The molecule has 146 valence electrons. The van der Waals surface area contributed by atoms with Gasteiger partial charge in [0.15, 0.2) is 11.5 Å². The van der Waals surface area contributed by atoms with Crippen molar-refractivity contribution in [2.45, 2.75) is 19.4 Å². The summed E-state index contributed by atoms with van der Waals surface area (Å²) in [5, 5.41) is 10.3. The number of carbonyl (C=O) groups excluding carboxylic acids is 2. The molecule has 1 amide bonds. The highest BCUT2D eigenvalue weighted by Gasteiger charge is 2.42. The van der Waals surface area contributed by atoms with E-state index in [4.69, 9.17) is 9.47 Å². The molecule has 2 aliphatic heterocycles. The smallest absolute Gasteiger partial charge is 0.290 e. The van der Waals surface area contributed by atoms with Gasteiger partial charge in [-0.25, -0.2) is 0 Å². The minimum absolute atomic E-state index is 0.170. The van der Waals surface area contributed by atoms with Gasteiger partial charge >= 0.3 is 0 Å². The molecule has 1 fully saturated rings. The van der Waals surface area contributed by atoms with Gasteiger partial charge in [0.1, 0.15) is 18.8 Å². The number of aliphatic hydroxyl groups excluding tert-OH is 1. The molecule has 2 aliphatic rings. The van der Waals surface area contributed by atoms with Gasteiger partial charge in [0.25, 0.3) is 5.91 Å². The number of aliphatic hydroxyl groups is 1. The Hall–Kier alpha value is -2.38. The third-order valence-corrected chi connectivity index (χ3v) is 5.24. The van der Waals surface area contributed by atoms with E-state index < -0.39 is 17.7 Å². The third kappa shape index (κ3) is 4.14. The van der Waals surface area contributed by atoms with Gasteiger partial charge in [-0.15, -0.1) is 0 Å². The van der Waals surface area contributed by atoms with Gasteiger partial charge in [0, 0.05) is 13.0 Å². The average molecular weight is 375 g/mol. The Morgan fingerprint density at radius 2 is 1.96 bits per heavy atom. The van der Waals surface area contributed by atoms with Crippen LogP contribution in [0.15, 0.2) is 35.6 Å². The van der Waals surface area contributed by atoms with Crippen molar-refractivity contribution in [1.82, 2.24) is 4.90 Å². The van der Waals surface area contributed by atoms with Crippen LogP contribution in [0.3, 0.4) is 0 Å². The second-order valence-electron chi connectivity index (χ2n) is 6.96. The molecule has 0 aliphatic carbocycles. The van der Waals surface area contributed by atoms with Crippen LogP contribution in [0.4, 0.5) is 0 Å². The van der Waals surface area contributed by atoms with Crippen LogP contribution < -0.4 is 9.64 Å². The van der Waals surface area contributed by atoms with Crippen molar-refractivity contribution < 1.29 is 29.1 Å². The van der Waals surface area contributed by atoms with Gasteiger partial charge in [-0.3, -0.25) is 9.59 Å². The number of hydrogen-bond acceptors (Lipinski definition) is 5. The number of Topliss-reactive ketones (excluding diaryl/α,β-unsaturated/α-hetero) is 1. The highest BCUT2D eigenvalue weighted by atomic mass is 16.5. The number of morpholine rings is 1. The second-order valence-corrected chi connectivity index (χ2v) is 6.96. The van der Waals surface area contributed by atoms with E-state index in [1.165, 1.54) is 11.8 Å². The van der Waals surface area contributed by atoms with Crippen molar-refractivity contribution >= 4 is 11.7 Å². The van der Waals surface area contributed by atoms with Gasteiger partial charge < -0.3 is 24.4 Å². The molecule has 0 saturated carbocycles. The fourth-order valence-corrected chi connectivity index (χ4v) is 3.79. The Bertz CT molecular complexity index is 722. The Morgan fingerprint density at radius 3 is 2.56 bits per heavy atom. The molecular weight excluding hydrogens is 348 g/mol. The maximum Gasteiger partial charge on any atom is 0.290 e. The monoisotopic (exact) mass is 375 g/mol. The molecule has 1 saturated heterocycles. The zero-order valence-electron chi connectivity index (χ0n) is 15.9. The van der Waals surface area contributed by atoms with Crippen LogP contribution in [0.1, 0.15) is 24.9 Å². The molecule has 1 aromatic carbocycles. The highest BCUT2D eigenvalue weighted by Crippen LogP contribution is 2.38. The third-order valence-electron chi connectivity index (χ3n) is 5.24. The number of amides is 1. The normalized spacial score (nSPS) is 21.0. The van der Waals surface area contributed by atoms with Gasteiger partial charge in [0.05, 0.1) is 38.5 Å². The number of ether oxygens (including phenoxy) is 2. The van der Waals surface area contributed by atoms with Crippen LogP contribution in [-0.4, -0.2) is 68.2 Å². The molecule has 2 N–H and O–H groups in total. The van der Waals surface area contributed by atoms with Crippen molar-refractivity contribution in [1.29, 1.82) is 0 Å². The van der Waals surface area contributed by atoms with E-state index in [1.54, 1.807) is 24.1 Å². The minimum Gasteiger partial charge on any atom is -0.503 e. The first-order valence-corrected chi connectivity index (χ1v) is 9.33. The molecule has 7 heteroatoms. The molecule has 0 aromatic heterocycles. The lowest BCUT2D eigenvalue weighted by Gasteiger charge is -2.28. The second kappa shape index (κ2) is 8.54. The fraction of sp³-hybridized carbons (Fsp3) is 0.500. The summed E-state index contributed by atoms with van der Waals surface area (Å²) in [4.78, 5) is 27.8. The standard InChI is InChI=1S/C20H26N2O5/c1-14(23)17-18(15-4-6-16(26-2)7-5-15)22(20(25)19(17)24)9-3-8-21-10-12-27-13-11-21/h4-7,18,24H,3,8-13H2,1-2H3/p+1/t18-/m1/s1. The Labute approximate surface area is 159 Å². The largest absolute Gasteiger partial charge is 0.503 e. The van der Waals surface area contributed by atoms with E-state index in [0.29, 0.717) is 12.3 Å². The number of carbonyl (C=O) groups is 2. The van der Waals surface area contributed by atoms with Crippen molar-refractivity contribution in [3.05, 3.63) is 41.2 Å². The van der Waals surface area contributed by atoms with Gasteiger partial charge in [0.2, 0.25) is 0 Å². The van der Waals surface area contributed by atoms with Crippen LogP contribution in [0.5, 0.6) is 5.75 Å². The highest BCUT2D eigenvalue weighted by molar-refractivity contribution is 6.08. The van der Waals surface area contributed by atoms with Crippen molar-refractivity contribution in [2.75, 3.05) is 46.5 Å². The number of nitrogens with zero attached hydrogens (tertiary/aromatic N) is 1. The predicted octanol–water partition coefficient (Wildman–Crippen LogP) is 0.285. The molecule has 0 radical (unpaired) electrons. The first kappa shape index (κ1) is 19.4. The lowest BCUT2D eigenvalue weighted by atomic mass is 9.96. The zero-order valence-corrected chi connectivity index (χ0v) is 15.9. The van der Waals surface area contributed by atoms with E-state index >= 15 is 0 Å². The Balaban J connectivity index is 1.77. The number of ketones is 1. The van der Waals surface area contributed by atoms with E-state index in [1.807, 2.05) is 12.1 Å². The molecule has 1 aromatic rings. The van der Waals surface area contributed by atoms with Crippen molar-refractivity contribution in [2.24, 2.45) is 0 Å². The summed E-state index contributed by atoms with van der Waals surface area (Å²) >= 11 is 0. The number of quaternary nitrogens is 1. The number of hydrogen-bond donors (Lipinski definition) is 2. The van der Waals surface area contributed by atoms with Gasteiger partial charge in [-0.05, 0) is 24.6 Å². The minimum atomic E-state index is -0.555. The molecule has 1 atom stereocenters. The molecule has 3 rings (SSSR count). The topological polar surface area (TPSA) is 80.5 Å². The van der Waals surface area contributed by atoms with Crippen molar-refractivity contribution in [3.63, 3.8) is 0 Å². The van der Waals surface area contributed by atoms with E-state index in [9.17, 15) is 14.7 Å². The number of rotatable bonds is 7. The lowest BCUT2D eigenvalue weighted by Crippen LogP contribution is -3.14. The molecule has 0 spiro atoms. The summed E-state index contributed by atoms with van der Waals surface area (Å²) < 4.78 is 10.6. The summed E-state index contributed by atoms with van der Waals surface area (Å²) in [5.41, 5.74) is 0.959. The van der Waals surface area contributed by atoms with Crippen LogP contribution in [-0.2, 0) is 14.3 Å². The van der Waals surface area contributed by atoms with Crippen LogP contribution in [0.2, 0.25) is 0 Å². The first-order chi connectivity index (χ1) is 13.0. The summed E-state index contributed by atoms with van der Waals surface area (Å²) in [6.45, 7) is 6.28. The molecule has 0 unspecified atom stereocenters. The molecule has 7 nitrogen and oxygen atoms in total. The molecular formula is C20H27N2O5+. The first-order valence-electron chi connectivity index (χ1n) is 9.33. The summed E-state index contributed by atoms with van der Waals surface area (Å²) in [7, 11) is 1.58. The average Bonchev–Trinajstić information content (AvgIpc) is 2.94. The van der Waals surface area contributed by atoms with Gasteiger partial charge in [-0.2, -0.15) is 0 Å².